The molecule has 3 atom stereocenters. The smallest absolute Gasteiger partial charge is 0.0627 e. The maximum atomic E-state index is 6.13. The van der Waals surface area contributed by atoms with Gasteiger partial charge in [-0.25, -0.2) is 0 Å². The molecule has 2 N–H and O–H groups in total. The van der Waals surface area contributed by atoms with Crippen LogP contribution in [0.4, 0.5) is 0 Å². The Bertz CT molecular complexity index is 349. The van der Waals surface area contributed by atoms with E-state index in [-0.39, 0.29) is 6.04 Å². The van der Waals surface area contributed by atoms with Crippen molar-refractivity contribution in [3.63, 3.8) is 0 Å². The third-order valence-corrected chi connectivity index (χ3v) is 3.73. The van der Waals surface area contributed by atoms with Crippen molar-refractivity contribution in [1.29, 1.82) is 0 Å². The van der Waals surface area contributed by atoms with Crippen LogP contribution >= 0.6 is 23.2 Å². The van der Waals surface area contributed by atoms with Crippen LogP contribution in [0, 0.1) is 5.92 Å². The SMILES string of the molecule is C[C@@H](N)[C@H]1C[C@@H]1c1cccc(Cl)c1Cl. The van der Waals surface area contributed by atoms with Crippen molar-refractivity contribution in [2.75, 3.05) is 0 Å². The second-order valence-corrected chi connectivity index (χ2v) is 4.79. The molecule has 1 aliphatic rings. The van der Waals surface area contributed by atoms with E-state index >= 15 is 0 Å². The van der Waals surface area contributed by atoms with Crippen LogP contribution in [-0.2, 0) is 0 Å². The summed E-state index contributed by atoms with van der Waals surface area (Å²) in [7, 11) is 0. The minimum absolute atomic E-state index is 0.245. The highest BCUT2D eigenvalue weighted by Gasteiger charge is 2.41. The van der Waals surface area contributed by atoms with Crippen LogP contribution < -0.4 is 5.73 Å². The fourth-order valence-electron chi connectivity index (χ4n) is 1.96. The van der Waals surface area contributed by atoms with Gasteiger partial charge in [0.1, 0.15) is 0 Å². The number of benzene rings is 1. The van der Waals surface area contributed by atoms with Gasteiger partial charge in [-0.15, -0.1) is 0 Å². The summed E-state index contributed by atoms with van der Waals surface area (Å²) >= 11 is 12.1. The van der Waals surface area contributed by atoms with E-state index in [0.717, 1.165) is 12.0 Å². The number of hydrogen-bond acceptors (Lipinski definition) is 1. The van der Waals surface area contributed by atoms with Gasteiger partial charge in [0.05, 0.1) is 10.0 Å². The highest BCUT2D eigenvalue weighted by atomic mass is 35.5. The fraction of sp³-hybridized carbons (Fsp3) is 0.455. The van der Waals surface area contributed by atoms with Crippen molar-refractivity contribution in [2.24, 2.45) is 11.7 Å². The van der Waals surface area contributed by atoms with Gasteiger partial charge in [-0.3, -0.25) is 0 Å². The second-order valence-electron chi connectivity index (χ2n) is 4.01. The molecule has 2 rings (SSSR count). The molecule has 1 nitrogen and oxygen atoms in total. The van der Waals surface area contributed by atoms with E-state index in [1.807, 2.05) is 25.1 Å². The maximum Gasteiger partial charge on any atom is 0.0627 e. The predicted octanol–water partition coefficient (Wildman–Crippen LogP) is 3.44. The zero-order valence-corrected chi connectivity index (χ0v) is 9.52. The standard InChI is InChI=1S/C11H13Cl2N/c1-6(14)8-5-9(8)7-3-2-4-10(12)11(7)13/h2-4,6,8-9H,5,14H2,1H3/t6-,8-,9-/m1/s1. The average molecular weight is 230 g/mol. The molecule has 0 heterocycles. The number of hydrogen-bond donors (Lipinski definition) is 1. The Hall–Kier alpha value is -0.240. The highest BCUT2D eigenvalue weighted by molar-refractivity contribution is 6.42. The van der Waals surface area contributed by atoms with Crippen LogP contribution in [0.2, 0.25) is 10.0 Å². The molecule has 0 aliphatic heterocycles. The summed E-state index contributed by atoms with van der Waals surface area (Å²) < 4.78 is 0. The van der Waals surface area contributed by atoms with Crippen LogP contribution in [0.15, 0.2) is 18.2 Å². The van der Waals surface area contributed by atoms with Gasteiger partial charge in [-0.1, -0.05) is 35.3 Å². The summed E-state index contributed by atoms with van der Waals surface area (Å²) in [5, 5.41) is 1.34. The van der Waals surface area contributed by atoms with E-state index in [1.54, 1.807) is 0 Å². The fourth-order valence-corrected chi connectivity index (χ4v) is 2.41. The molecule has 14 heavy (non-hydrogen) atoms. The van der Waals surface area contributed by atoms with Crippen molar-refractivity contribution in [2.45, 2.75) is 25.3 Å². The van der Waals surface area contributed by atoms with Crippen LogP contribution in [0.1, 0.15) is 24.8 Å². The first-order valence-corrected chi connectivity index (χ1v) is 5.56. The summed E-state index contributed by atoms with van der Waals surface area (Å²) in [4.78, 5) is 0. The van der Waals surface area contributed by atoms with Gasteiger partial charge >= 0.3 is 0 Å². The molecule has 0 saturated heterocycles. The normalized spacial score (nSPS) is 27.4. The van der Waals surface area contributed by atoms with Gasteiger partial charge in [0.15, 0.2) is 0 Å². The molecule has 0 amide bonds. The second kappa shape index (κ2) is 3.73. The molecule has 3 heteroatoms. The monoisotopic (exact) mass is 229 g/mol. The molecule has 0 spiro atoms. The lowest BCUT2D eigenvalue weighted by atomic mass is 10.1. The minimum Gasteiger partial charge on any atom is -0.328 e. The topological polar surface area (TPSA) is 26.0 Å². The lowest BCUT2D eigenvalue weighted by molar-refractivity contribution is 0.632. The summed E-state index contributed by atoms with van der Waals surface area (Å²) in [6, 6.07) is 6.05. The Morgan fingerprint density at radius 1 is 1.43 bits per heavy atom. The van der Waals surface area contributed by atoms with E-state index in [1.165, 1.54) is 0 Å². The molecule has 0 bridgehead atoms. The van der Waals surface area contributed by atoms with Crippen molar-refractivity contribution in [3.8, 4) is 0 Å². The number of nitrogens with two attached hydrogens (primary N) is 1. The molecule has 0 radical (unpaired) electrons. The van der Waals surface area contributed by atoms with Gasteiger partial charge in [-0.05, 0) is 36.8 Å². The third kappa shape index (κ3) is 1.77. The highest BCUT2D eigenvalue weighted by Crippen LogP contribution is 2.51. The zero-order valence-electron chi connectivity index (χ0n) is 8.00. The molecule has 1 saturated carbocycles. The number of rotatable bonds is 2. The van der Waals surface area contributed by atoms with E-state index < -0.39 is 0 Å². The summed E-state index contributed by atoms with van der Waals surface area (Å²) in [6.07, 6.45) is 1.14. The molecule has 1 aromatic carbocycles. The zero-order chi connectivity index (χ0) is 10.3. The molecule has 0 unspecified atom stereocenters. The molecule has 1 aromatic rings. The van der Waals surface area contributed by atoms with E-state index in [0.29, 0.717) is 21.9 Å². The van der Waals surface area contributed by atoms with Crippen LogP contribution in [0.3, 0.4) is 0 Å². The van der Waals surface area contributed by atoms with Crippen LogP contribution in [0.5, 0.6) is 0 Å². The number of halogens is 2. The Labute approximate surface area is 94.2 Å². The predicted molar refractivity (Wildman–Crippen MR) is 61.0 cm³/mol. The van der Waals surface area contributed by atoms with E-state index in [4.69, 9.17) is 28.9 Å². The molecule has 76 valence electrons. The minimum atomic E-state index is 0.245. The van der Waals surface area contributed by atoms with Crippen molar-refractivity contribution < 1.29 is 0 Å². The van der Waals surface area contributed by atoms with Gasteiger partial charge < -0.3 is 5.73 Å². The van der Waals surface area contributed by atoms with Gasteiger partial charge in [0, 0.05) is 6.04 Å². The summed E-state index contributed by atoms with van der Waals surface area (Å²) in [5.41, 5.74) is 6.99. The Balaban J connectivity index is 2.23. The first-order chi connectivity index (χ1) is 6.61. The molecular weight excluding hydrogens is 217 g/mol. The largest absolute Gasteiger partial charge is 0.328 e. The molecule has 0 aromatic heterocycles. The first kappa shape index (κ1) is 10.3. The maximum absolute atomic E-state index is 6.13. The average Bonchev–Trinajstić information content (AvgIpc) is 2.89. The van der Waals surface area contributed by atoms with E-state index in [9.17, 15) is 0 Å². The van der Waals surface area contributed by atoms with E-state index in [2.05, 4.69) is 0 Å². The molecule has 1 aliphatic carbocycles. The van der Waals surface area contributed by atoms with Crippen molar-refractivity contribution >= 4 is 23.2 Å². The van der Waals surface area contributed by atoms with Crippen molar-refractivity contribution in [3.05, 3.63) is 33.8 Å². The lowest BCUT2D eigenvalue weighted by Crippen LogP contribution is -2.17. The van der Waals surface area contributed by atoms with Crippen molar-refractivity contribution in [1.82, 2.24) is 0 Å². The van der Waals surface area contributed by atoms with Crippen LogP contribution in [0.25, 0.3) is 0 Å². The molecule has 1 fully saturated rings. The van der Waals surface area contributed by atoms with Crippen LogP contribution in [-0.4, -0.2) is 6.04 Å². The Morgan fingerprint density at radius 2 is 2.14 bits per heavy atom. The third-order valence-electron chi connectivity index (χ3n) is 2.90. The van der Waals surface area contributed by atoms with Gasteiger partial charge in [0.2, 0.25) is 0 Å². The Morgan fingerprint density at radius 3 is 2.71 bits per heavy atom. The van der Waals surface area contributed by atoms with Gasteiger partial charge in [0.25, 0.3) is 0 Å². The summed E-state index contributed by atoms with van der Waals surface area (Å²) in [6.45, 7) is 2.04. The quantitative estimate of drug-likeness (QED) is 0.827. The lowest BCUT2D eigenvalue weighted by Gasteiger charge is -2.06. The summed E-state index contributed by atoms with van der Waals surface area (Å²) in [5.74, 6) is 1.09. The van der Waals surface area contributed by atoms with Gasteiger partial charge in [-0.2, -0.15) is 0 Å². The molecular formula is C11H13Cl2N. The Kier molecular flexibility index (Phi) is 2.74. The first-order valence-electron chi connectivity index (χ1n) is 4.80.